The van der Waals surface area contributed by atoms with Gasteiger partial charge in [-0.3, -0.25) is 4.79 Å². The standard InChI is InChI=1S/C15H15NO3/c1-9(17)16-11-6-14-13-7-12(18)4-2-10(13)3-5-15(14)19-8-11/h2-5,7,11,18H,6,8H2,1H3,(H,16,17). The van der Waals surface area contributed by atoms with E-state index in [-0.39, 0.29) is 17.7 Å². The van der Waals surface area contributed by atoms with Crippen LogP contribution in [0.15, 0.2) is 30.3 Å². The van der Waals surface area contributed by atoms with Gasteiger partial charge in [-0.05, 0) is 29.0 Å². The van der Waals surface area contributed by atoms with E-state index in [2.05, 4.69) is 5.32 Å². The van der Waals surface area contributed by atoms with E-state index >= 15 is 0 Å². The van der Waals surface area contributed by atoms with E-state index in [1.807, 2.05) is 18.2 Å². The summed E-state index contributed by atoms with van der Waals surface area (Å²) in [6.45, 7) is 1.99. The Labute approximate surface area is 111 Å². The lowest BCUT2D eigenvalue weighted by Gasteiger charge is -2.26. The number of hydrogen-bond acceptors (Lipinski definition) is 3. The van der Waals surface area contributed by atoms with Crippen LogP contribution in [0.25, 0.3) is 10.8 Å². The summed E-state index contributed by atoms with van der Waals surface area (Å²) in [5.41, 5.74) is 1.04. The van der Waals surface area contributed by atoms with Crippen LogP contribution < -0.4 is 10.1 Å². The first-order valence-corrected chi connectivity index (χ1v) is 6.28. The number of hydrogen-bond donors (Lipinski definition) is 2. The van der Waals surface area contributed by atoms with Crippen LogP contribution in [-0.2, 0) is 11.2 Å². The fraction of sp³-hybridized carbons (Fsp3) is 0.267. The van der Waals surface area contributed by atoms with Gasteiger partial charge in [0.15, 0.2) is 0 Å². The maximum absolute atomic E-state index is 11.1. The van der Waals surface area contributed by atoms with Gasteiger partial charge >= 0.3 is 0 Å². The topological polar surface area (TPSA) is 58.6 Å². The maximum Gasteiger partial charge on any atom is 0.217 e. The van der Waals surface area contributed by atoms with E-state index in [9.17, 15) is 9.90 Å². The van der Waals surface area contributed by atoms with Crippen molar-refractivity contribution in [2.45, 2.75) is 19.4 Å². The van der Waals surface area contributed by atoms with E-state index in [1.54, 1.807) is 12.1 Å². The number of nitrogens with one attached hydrogen (secondary N) is 1. The Morgan fingerprint density at radius 3 is 2.95 bits per heavy atom. The van der Waals surface area contributed by atoms with Crippen molar-refractivity contribution in [2.75, 3.05) is 6.61 Å². The predicted molar refractivity (Wildman–Crippen MR) is 72.4 cm³/mol. The highest BCUT2D eigenvalue weighted by atomic mass is 16.5. The minimum Gasteiger partial charge on any atom is -0.508 e. The first-order chi connectivity index (χ1) is 9.13. The molecule has 0 saturated carbocycles. The van der Waals surface area contributed by atoms with Crippen molar-refractivity contribution in [3.05, 3.63) is 35.9 Å². The molecule has 0 spiro atoms. The van der Waals surface area contributed by atoms with Gasteiger partial charge in [0.1, 0.15) is 18.1 Å². The average Bonchev–Trinajstić information content (AvgIpc) is 2.38. The number of aromatic hydroxyl groups is 1. The molecule has 0 radical (unpaired) electrons. The van der Waals surface area contributed by atoms with Crippen molar-refractivity contribution in [1.82, 2.24) is 5.32 Å². The van der Waals surface area contributed by atoms with E-state index in [4.69, 9.17) is 4.74 Å². The number of carbonyl (C=O) groups is 1. The number of benzene rings is 2. The van der Waals surface area contributed by atoms with Crippen LogP contribution in [-0.4, -0.2) is 23.7 Å². The highest BCUT2D eigenvalue weighted by molar-refractivity contribution is 5.89. The third-order valence-electron chi connectivity index (χ3n) is 3.37. The summed E-state index contributed by atoms with van der Waals surface area (Å²) < 4.78 is 5.69. The van der Waals surface area contributed by atoms with E-state index in [1.165, 1.54) is 6.92 Å². The highest BCUT2D eigenvalue weighted by Gasteiger charge is 2.22. The van der Waals surface area contributed by atoms with Crippen molar-refractivity contribution in [2.24, 2.45) is 0 Å². The molecule has 4 heteroatoms. The summed E-state index contributed by atoms with van der Waals surface area (Å²) in [6.07, 6.45) is 0.718. The summed E-state index contributed by atoms with van der Waals surface area (Å²) >= 11 is 0. The minimum absolute atomic E-state index is 0.0158. The molecule has 19 heavy (non-hydrogen) atoms. The van der Waals surface area contributed by atoms with Crippen molar-refractivity contribution in [3.63, 3.8) is 0 Å². The van der Waals surface area contributed by atoms with Gasteiger partial charge in [-0.1, -0.05) is 12.1 Å². The van der Waals surface area contributed by atoms with Gasteiger partial charge in [-0.2, -0.15) is 0 Å². The smallest absolute Gasteiger partial charge is 0.217 e. The zero-order valence-corrected chi connectivity index (χ0v) is 10.6. The fourth-order valence-corrected chi connectivity index (χ4v) is 2.57. The first kappa shape index (κ1) is 11.8. The second kappa shape index (κ2) is 4.46. The van der Waals surface area contributed by atoms with Gasteiger partial charge in [0.25, 0.3) is 0 Å². The molecule has 2 aromatic rings. The minimum atomic E-state index is -0.0554. The molecule has 0 saturated heterocycles. The van der Waals surface area contributed by atoms with Crippen LogP contribution in [0.4, 0.5) is 0 Å². The molecule has 1 aliphatic rings. The molecule has 4 nitrogen and oxygen atoms in total. The Morgan fingerprint density at radius 1 is 1.37 bits per heavy atom. The Bertz CT molecular complexity index is 651. The van der Waals surface area contributed by atoms with Gasteiger partial charge < -0.3 is 15.2 Å². The van der Waals surface area contributed by atoms with Gasteiger partial charge in [0.2, 0.25) is 5.91 Å². The monoisotopic (exact) mass is 257 g/mol. The summed E-state index contributed by atoms with van der Waals surface area (Å²) in [6, 6.07) is 9.20. The van der Waals surface area contributed by atoms with Gasteiger partial charge in [-0.15, -0.1) is 0 Å². The lowest BCUT2D eigenvalue weighted by Crippen LogP contribution is -2.41. The molecule has 1 atom stereocenters. The lowest BCUT2D eigenvalue weighted by atomic mass is 9.96. The van der Waals surface area contributed by atoms with E-state index < -0.39 is 0 Å². The molecule has 1 aliphatic heterocycles. The van der Waals surface area contributed by atoms with Crippen LogP contribution in [0.3, 0.4) is 0 Å². The summed E-state index contributed by atoms with van der Waals surface area (Å²) in [7, 11) is 0. The Hall–Kier alpha value is -2.23. The summed E-state index contributed by atoms with van der Waals surface area (Å²) in [5.74, 6) is 1.02. The molecule has 0 bridgehead atoms. The zero-order chi connectivity index (χ0) is 13.4. The van der Waals surface area contributed by atoms with Crippen LogP contribution in [0.2, 0.25) is 0 Å². The van der Waals surface area contributed by atoms with E-state index in [0.717, 1.165) is 28.5 Å². The van der Waals surface area contributed by atoms with Gasteiger partial charge in [-0.25, -0.2) is 0 Å². The van der Waals surface area contributed by atoms with Gasteiger partial charge in [0, 0.05) is 18.9 Å². The van der Waals surface area contributed by atoms with Crippen molar-refractivity contribution >= 4 is 16.7 Å². The van der Waals surface area contributed by atoms with Crippen LogP contribution in [0, 0.1) is 0 Å². The molecule has 0 aliphatic carbocycles. The third kappa shape index (κ3) is 2.21. The number of phenols is 1. The molecular weight excluding hydrogens is 242 g/mol. The Kier molecular flexibility index (Phi) is 2.78. The fourth-order valence-electron chi connectivity index (χ4n) is 2.57. The number of carbonyl (C=O) groups excluding carboxylic acids is 1. The van der Waals surface area contributed by atoms with Crippen molar-refractivity contribution in [1.29, 1.82) is 0 Å². The molecular formula is C15H15NO3. The molecule has 1 heterocycles. The number of ether oxygens (including phenoxy) is 1. The maximum atomic E-state index is 11.1. The average molecular weight is 257 g/mol. The third-order valence-corrected chi connectivity index (χ3v) is 3.37. The molecule has 0 fully saturated rings. The number of rotatable bonds is 1. The first-order valence-electron chi connectivity index (χ1n) is 6.28. The zero-order valence-electron chi connectivity index (χ0n) is 10.6. The number of phenolic OH excluding ortho intramolecular Hbond substituents is 1. The SMILES string of the molecule is CC(=O)NC1COc2ccc3ccc(O)cc3c2C1. The molecule has 2 aromatic carbocycles. The van der Waals surface area contributed by atoms with E-state index in [0.29, 0.717) is 6.61 Å². The van der Waals surface area contributed by atoms with Crippen molar-refractivity contribution < 1.29 is 14.6 Å². The summed E-state index contributed by atoms with van der Waals surface area (Å²) in [4.78, 5) is 11.1. The van der Waals surface area contributed by atoms with Crippen LogP contribution in [0.1, 0.15) is 12.5 Å². The second-order valence-electron chi connectivity index (χ2n) is 4.86. The lowest BCUT2D eigenvalue weighted by molar-refractivity contribution is -0.119. The molecule has 3 rings (SSSR count). The van der Waals surface area contributed by atoms with Gasteiger partial charge in [0.05, 0.1) is 6.04 Å². The molecule has 98 valence electrons. The predicted octanol–water partition coefficient (Wildman–Crippen LogP) is 1.98. The quantitative estimate of drug-likeness (QED) is 0.821. The van der Waals surface area contributed by atoms with Crippen LogP contribution in [0.5, 0.6) is 11.5 Å². The second-order valence-corrected chi connectivity index (χ2v) is 4.86. The largest absolute Gasteiger partial charge is 0.508 e. The normalized spacial score (nSPS) is 17.6. The molecule has 0 aromatic heterocycles. The van der Waals surface area contributed by atoms with Crippen molar-refractivity contribution in [3.8, 4) is 11.5 Å². The Morgan fingerprint density at radius 2 is 2.16 bits per heavy atom. The Balaban J connectivity index is 2.05. The molecule has 1 amide bonds. The summed E-state index contributed by atoms with van der Waals surface area (Å²) in [5, 5.41) is 14.5. The molecule has 2 N–H and O–H groups in total. The highest BCUT2D eigenvalue weighted by Crippen LogP contribution is 2.33. The molecule has 1 unspecified atom stereocenters. The number of fused-ring (bicyclic) bond motifs is 3. The number of amides is 1. The van der Waals surface area contributed by atoms with Crippen LogP contribution >= 0.6 is 0 Å².